The van der Waals surface area contributed by atoms with Crippen LogP contribution < -0.4 is 10.1 Å². The minimum absolute atomic E-state index is 0.0199. The van der Waals surface area contributed by atoms with Crippen molar-refractivity contribution < 1.29 is 19.1 Å². The van der Waals surface area contributed by atoms with Gasteiger partial charge in [0.25, 0.3) is 11.8 Å². The number of anilines is 1. The SMILES string of the molecule is COc1ccc(-c2nc(NC(=O)CCN3C(=O)c4ccccc4C3=O)n[nH]2)cc1. The molecule has 9 heteroatoms. The summed E-state index contributed by atoms with van der Waals surface area (Å²) in [5.74, 6) is 0.138. The Morgan fingerprint density at radius 3 is 2.34 bits per heavy atom. The van der Waals surface area contributed by atoms with E-state index in [0.717, 1.165) is 16.2 Å². The van der Waals surface area contributed by atoms with Crippen LogP contribution in [0.2, 0.25) is 0 Å². The predicted molar refractivity (Wildman–Crippen MR) is 103 cm³/mol. The van der Waals surface area contributed by atoms with Gasteiger partial charge in [0.1, 0.15) is 5.75 Å². The van der Waals surface area contributed by atoms with Crippen LogP contribution in [-0.4, -0.2) is 51.5 Å². The highest BCUT2D eigenvalue weighted by Gasteiger charge is 2.34. The zero-order valence-electron chi connectivity index (χ0n) is 15.5. The molecule has 0 saturated carbocycles. The summed E-state index contributed by atoms with van der Waals surface area (Å²) < 4.78 is 5.11. The fraction of sp³-hybridized carbons (Fsp3) is 0.150. The van der Waals surface area contributed by atoms with Crippen molar-refractivity contribution in [1.29, 1.82) is 0 Å². The van der Waals surface area contributed by atoms with Crippen molar-refractivity contribution in [3.63, 3.8) is 0 Å². The van der Waals surface area contributed by atoms with E-state index in [4.69, 9.17) is 4.74 Å². The molecule has 0 fully saturated rings. The number of hydrogen-bond acceptors (Lipinski definition) is 6. The van der Waals surface area contributed by atoms with E-state index in [-0.39, 0.29) is 18.9 Å². The highest BCUT2D eigenvalue weighted by Crippen LogP contribution is 2.23. The van der Waals surface area contributed by atoms with Crippen molar-refractivity contribution >= 4 is 23.7 Å². The van der Waals surface area contributed by atoms with Crippen LogP contribution >= 0.6 is 0 Å². The summed E-state index contributed by atoms with van der Waals surface area (Å²) in [5, 5.41) is 9.29. The van der Waals surface area contributed by atoms with Crippen LogP contribution in [-0.2, 0) is 4.79 Å². The molecule has 0 saturated heterocycles. The van der Waals surface area contributed by atoms with Crippen LogP contribution in [0.4, 0.5) is 5.95 Å². The molecule has 2 aromatic carbocycles. The molecule has 0 unspecified atom stereocenters. The molecule has 3 aromatic rings. The Morgan fingerprint density at radius 1 is 1.07 bits per heavy atom. The number of aromatic amines is 1. The van der Waals surface area contributed by atoms with Gasteiger partial charge in [0.2, 0.25) is 11.9 Å². The fourth-order valence-corrected chi connectivity index (χ4v) is 3.04. The number of nitrogens with zero attached hydrogens (tertiary/aromatic N) is 3. The number of carbonyl (C=O) groups is 3. The smallest absolute Gasteiger partial charge is 0.261 e. The number of nitrogens with one attached hydrogen (secondary N) is 2. The Kier molecular flexibility index (Phi) is 4.78. The lowest BCUT2D eigenvalue weighted by Crippen LogP contribution is -2.33. The van der Waals surface area contributed by atoms with Gasteiger partial charge in [-0.1, -0.05) is 12.1 Å². The first kappa shape index (κ1) is 18.4. The molecular weight excluding hydrogens is 374 g/mol. The van der Waals surface area contributed by atoms with Gasteiger partial charge in [0.05, 0.1) is 18.2 Å². The third-order valence-electron chi connectivity index (χ3n) is 4.54. The van der Waals surface area contributed by atoms with Crippen molar-refractivity contribution in [2.24, 2.45) is 0 Å². The number of methoxy groups -OCH3 is 1. The van der Waals surface area contributed by atoms with Gasteiger partial charge < -0.3 is 4.74 Å². The van der Waals surface area contributed by atoms with E-state index in [1.165, 1.54) is 0 Å². The second kappa shape index (κ2) is 7.55. The molecule has 0 atom stereocenters. The summed E-state index contributed by atoms with van der Waals surface area (Å²) in [6.07, 6.45) is -0.0577. The first-order valence-corrected chi connectivity index (χ1v) is 8.88. The van der Waals surface area contributed by atoms with E-state index in [1.54, 1.807) is 43.5 Å². The number of fused-ring (bicyclic) bond motifs is 1. The molecule has 0 radical (unpaired) electrons. The van der Waals surface area contributed by atoms with Gasteiger partial charge in [0.15, 0.2) is 5.82 Å². The van der Waals surface area contributed by atoms with Crippen LogP contribution in [0, 0.1) is 0 Å². The highest BCUT2D eigenvalue weighted by atomic mass is 16.5. The van der Waals surface area contributed by atoms with E-state index in [9.17, 15) is 14.4 Å². The number of ether oxygens (including phenoxy) is 1. The molecule has 2 N–H and O–H groups in total. The molecule has 1 aliphatic heterocycles. The maximum Gasteiger partial charge on any atom is 0.261 e. The molecule has 3 amide bonds. The van der Waals surface area contributed by atoms with Crippen molar-refractivity contribution in [2.45, 2.75) is 6.42 Å². The number of imide groups is 1. The van der Waals surface area contributed by atoms with Crippen molar-refractivity contribution in [3.05, 3.63) is 59.7 Å². The maximum atomic E-state index is 12.3. The lowest BCUT2D eigenvalue weighted by Gasteiger charge is -2.12. The van der Waals surface area contributed by atoms with Crippen LogP contribution in [0.5, 0.6) is 5.75 Å². The monoisotopic (exact) mass is 391 g/mol. The second-order valence-corrected chi connectivity index (χ2v) is 6.34. The van der Waals surface area contributed by atoms with E-state index in [0.29, 0.717) is 17.0 Å². The van der Waals surface area contributed by atoms with Gasteiger partial charge in [-0.2, -0.15) is 4.98 Å². The molecule has 1 aromatic heterocycles. The molecule has 29 heavy (non-hydrogen) atoms. The topological polar surface area (TPSA) is 117 Å². The Labute approximate surface area is 165 Å². The lowest BCUT2D eigenvalue weighted by molar-refractivity contribution is -0.116. The summed E-state index contributed by atoms with van der Waals surface area (Å²) in [4.78, 5) is 42.2. The highest BCUT2D eigenvalue weighted by molar-refractivity contribution is 6.21. The zero-order valence-corrected chi connectivity index (χ0v) is 15.5. The largest absolute Gasteiger partial charge is 0.497 e. The van der Waals surface area contributed by atoms with Crippen molar-refractivity contribution in [2.75, 3.05) is 19.0 Å². The Hall–Kier alpha value is -4.01. The van der Waals surface area contributed by atoms with E-state index in [1.807, 2.05) is 12.1 Å². The predicted octanol–water partition coefficient (Wildman–Crippen LogP) is 2.11. The van der Waals surface area contributed by atoms with Gasteiger partial charge >= 0.3 is 0 Å². The molecular formula is C20H17N5O4. The molecule has 0 bridgehead atoms. The van der Waals surface area contributed by atoms with Gasteiger partial charge in [0, 0.05) is 18.5 Å². The fourth-order valence-electron chi connectivity index (χ4n) is 3.04. The summed E-state index contributed by atoms with van der Waals surface area (Å²) in [6.45, 7) is -0.0199. The molecule has 1 aliphatic rings. The number of aromatic nitrogens is 3. The average Bonchev–Trinajstić information content (AvgIpc) is 3.30. The van der Waals surface area contributed by atoms with E-state index < -0.39 is 17.7 Å². The lowest BCUT2D eigenvalue weighted by atomic mass is 10.1. The maximum absolute atomic E-state index is 12.3. The van der Waals surface area contributed by atoms with E-state index >= 15 is 0 Å². The van der Waals surface area contributed by atoms with Gasteiger partial charge in [-0.15, -0.1) is 5.10 Å². The average molecular weight is 391 g/mol. The van der Waals surface area contributed by atoms with Crippen LogP contribution in [0.1, 0.15) is 27.1 Å². The third kappa shape index (κ3) is 3.57. The Balaban J connectivity index is 1.35. The minimum atomic E-state index is -0.401. The number of amides is 3. The van der Waals surface area contributed by atoms with Crippen LogP contribution in [0.15, 0.2) is 48.5 Å². The quantitative estimate of drug-likeness (QED) is 0.622. The van der Waals surface area contributed by atoms with Crippen LogP contribution in [0.3, 0.4) is 0 Å². The summed E-state index contributed by atoms with van der Waals surface area (Å²) in [7, 11) is 1.58. The number of H-pyrrole nitrogens is 1. The summed E-state index contributed by atoms with van der Waals surface area (Å²) >= 11 is 0. The van der Waals surface area contributed by atoms with Gasteiger partial charge in [-0.25, -0.2) is 0 Å². The summed E-state index contributed by atoms with van der Waals surface area (Å²) in [6, 6.07) is 13.8. The molecule has 146 valence electrons. The molecule has 0 spiro atoms. The number of benzene rings is 2. The van der Waals surface area contributed by atoms with E-state index in [2.05, 4.69) is 20.5 Å². The van der Waals surface area contributed by atoms with Crippen molar-refractivity contribution in [1.82, 2.24) is 20.1 Å². The minimum Gasteiger partial charge on any atom is -0.497 e. The third-order valence-corrected chi connectivity index (χ3v) is 4.54. The Bertz CT molecular complexity index is 1060. The standard InChI is InChI=1S/C20H17N5O4/c1-29-13-8-6-12(7-9-13)17-22-20(24-23-17)21-16(26)10-11-25-18(27)14-4-2-3-5-15(14)19(25)28/h2-9H,10-11H2,1H3,(H2,21,22,23,24,26). The van der Waals surface area contributed by atoms with Gasteiger partial charge in [-0.3, -0.25) is 29.7 Å². The van der Waals surface area contributed by atoms with Crippen LogP contribution in [0.25, 0.3) is 11.4 Å². The first-order valence-electron chi connectivity index (χ1n) is 8.88. The number of hydrogen-bond donors (Lipinski definition) is 2. The molecule has 0 aliphatic carbocycles. The number of carbonyl (C=O) groups excluding carboxylic acids is 3. The Morgan fingerprint density at radius 2 is 1.72 bits per heavy atom. The second-order valence-electron chi connectivity index (χ2n) is 6.34. The molecule has 4 rings (SSSR count). The summed E-state index contributed by atoms with van der Waals surface area (Å²) in [5.41, 5.74) is 1.50. The first-order chi connectivity index (χ1) is 14.1. The zero-order chi connectivity index (χ0) is 20.4. The van der Waals surface area contributed by atoms with Gasteiger partial charge in [-0.05, 0) is 36.4 Å². The molecule has 2 heterocycles. The van der Waals surface area contributed by atoms with Crippen molar-refractivity contribution in [3.8, 4) is 17.1 Å². The normalized spacial score (nSPS) is 12.8. The molecule has 9 nitrogen and oxygen atoms in total. The number of rotatable bonds is 6.